The lowest BCUT2D eigenvalue weighted by Gasteiger charge is -2.09. The van der Waals surface area contributed by atoms with Crippen LogP contribution in [0.4, 0.5) is 0 Å². The van der Waals surface area contributed by atoms with Crippen molar-refractivity contribution in [1.82, 2.24) is 0 Å². The summed E-state index contributed by atoms with van der Waals surface area (Å²) in [7, 11) is 0. The average molecular weight is 228 g/mol. The van der Waals surface area contributed by atoms with Crippen LogP contribution in [0.3, 0.4) is 0 Å². The third-order valence-corrected chi connectivity index (χ3v) is 3.03. The molecule has 0 bridgehead atoms. The molecule has 88 valence electrons. The smallest absolute Gasteiger partial charge is 0.307 e. The van der Waals surface area contributed by atoms with E-state index in [1.807, 2.05) is 24.3 Å². The zero-order valence-electron chi connectivity index (χ0n) is 9.67. The Morgan fingerprint density at radius 3 is 2.41 bits per heavy atom. The molecule has 0 amide bonds. The molecule has 1 aromatic rings. The van der Waals surface area contributed by atoms with E-state index in [0.717, 1.165) is 24.0 Å². The summed E-state index contributed by atoms with van der Waals surface area (Å²) in [4.78, 5) is 10.8. The van der Waals surface area contributed by atoms with Crippen molar-refractivity contribution in [3.05, 3.63) is 59.7 Å². The molecule has 1 aliphatic carbocycles. The van der Waals surface area contributed by atoms with Crippen LogP contribution in [0.1, 0.15) is 17.5 Å². The topological polar surface area (TPSA) is 37.3 Å². The standard InChI is InChI=1S/C15H16O2/c16-15(17)11-14-8-4-3-7-13(14)10-9-12-5-1-2-6-12/h1-8,12H,9-11H2,(H,16,17). The lowest BCUT2D eigenvalue weighted by atomic mass is 9.96. The first-order valence-corrected chi connectivity index (χ1v) is 5.89. The zero-order valence-corrected chi connectivity index (χ0v) is 9.67. The van der Waals surface area contributed by atoms with E-state index in [1.165, 1.54) is 0 Å². The van der Waals surface area contributed by atoms with E-state index in [4.69, 9.17) is 5.11 Å². The van der Waals surface area contributed by atoms with Crippen molar-refractivity contribution in [3.8, 4) is 0 Å². The molecular formula is C15H16O2. The van der Waals surface area contributed by atoms with Gasteiger partial charge in [-0.15, -0.1) is 0 Å². The first-order valence-electron chi connectivity index (χ1n) is 5.89. The molecule has 0 aromatic heterocycles. The molecule has 2 nitrogen and oxygen atoms in total. The number of hydrogen-bond donors (Lipinski definition) is 1. The summed E-state index contributed by atoms with van der Waals surface area (Å²) in [6, 6.07) is 7.81. The second-order valence-electron chi connectivity index (χ2n) is 4.31. The lowest BCUT2D eigenvalue weighted by Crippen LogP contribution is -2.04. The van der Waals surface area contributed by atoms with Gasteiger partial charge in [0.1, 0.15) is 0 Å². The van der Waals surface area contributed by atoms with Crippen molar-refractivity contribution in [3.63, 3.8) is 0 Å². The molecule has 0 fully saturated rings. The summed E-state index contributed by atoms with van der Waals surface area (Å²) in [6.45, 7) is 0. The largest absolute Gasteiger partial charge is 0.481 e. The molecule has 0 saturated heterocycles. The Morgan fingerprint density at radius 1 is 1.12 bits per heavy atom. The molecule has 2 rings (SSSR count). The van der Waals surface area contributed by atoms with E-state index in [-0.39, 0.29) is 6.42 Å². The van der Waals surface area contributed by atoms with Crippen LogP contribution in [0.15, 0.2) is 48.6 Å². The summed E-state index contributed by atoms with van der Waals surface area (Å²) in [5, 5.41) is 8.85. The Labute approximate surface area is 101 Å². The second-order valence-corrected chi connectivity index (χ2v) is 4.31. The maximum absolute atomic E-state index is 10.8. The van der Waals surface area contributed by atoms with Crippen LogP contribution in [0.5, 0.6) is 0 Å². The van der Waals surface area contributed by atoms with Gasteiger partial charge in [0.05, 0.1) is 6.42 Å². The lowest BCUT2D eigenvalue weighted by molar-refractivity contribution is -0.136. The Morgan fingerprint density at radius 2 is 1.76 bits per heavy atom. The van der Waals surface area contributed by atoms with Crippen LogP contribution in [0.25, 0.3) is 0 Å². The van der Waals surface area contributed by atoms with E-state index in [2.05, 4.69) is 24.3 Å². The Hall–Kier alpha value is -1.83. The average Bonchev–Trinajstić information content (AvgIpc) is 2.80. The van der Waals surface area contributed by atoms with E-state index in [9.17, 15) is 4.79 Å². The van der Waals surface area contributed by atoms with Gasteiger partial charge in [0.2, 0.25) is 0 Å². The number of hydrogen-bond acceptors (Lipinski definition) is 1. The molecule has 17 heavy (non-hydrogen) atoms. The van der Waals surface area contributed by atoms with Gasteiger partial charge in [-0.1, -0.05) is 48.6 Å². The van der Waals surface area contributed by atoms with Crippen LogP contribution in [0, 0.1) is 5.92 Å². The van der Waals surface area contributed by atoms with Gasteiger partial charge in [0, 0.05) is 0 Å². The third kappa shape index (κ3) is 3.31. The number of benzene rings is 1. The minimum absolute atomic E-state index is 0.118. The highest BCUT2D eigenvalue weighted by Gasteiger charge is 2.08. The van der Waals surface area contributed by atoms with E-state index < -0.39 is 5.97 Å². The van der Waals surface area contributed by atoms with Crippen molar-refractivity contribution in [2.24, 2.45) is 5.92 Å². The first kappa shape index (κ1) is 11.6. The minimum atomic E-state index is -0.766. The van der Waals surface area contributed by atoms with Gasteiger partial charge >= 0.3 is 5.97 Å². The monoisotopic (exact) mass is 228 g/mol. The Kier molecular flexibility index (Phi) is 3.76. The SMILES string of the molecule is O=C(O)Cc1ccccc1CCC1C=CC=C1. The number of aryl methyl sites for hydroxylation is 1. The van der Waals surface area contributed by atoms with Crippen LogP contribution < -0.4 is 0 Å². The molecule has 0 atom stereocenters. The maximum atomic E-state index is 10.8. The van der Waals surface area contributed by atoms with Crippen LogP contribution in [0.2, 0.25) is 0 Å². The third-order valence-electron chi connectivity index (χ3n) is 3.03. The number of carbonyl (C=O) groups is 1. The normalized spacial score (nSPS) is 14.4. The summed E-state index contributed by atoms with van der Waals surface area (Å²) in [5.74, 6) is -0.258. The van der Waals surface area contributed by atoms with E-state index in [1.54, 1.807) is 0 Å². The molecule has 1 N–H and O–H groups in total. The van der Waals surface area contributed by atoms with Gasteiger partial charge < -0.3 is 5.11 Å². The van der Waals surface area contributed by atoms with E-state index in [0.29, 0.717) is 5.92 Å². The molecule has 0 saturated carbocycles. The van der Waals surface area contributed by atoms with Crippen molar-refractivity contribution in [1.29, 1.82) is 0 Å². The molecule has 0 unspecified atom stereocenters. The molecule has 0 aliphatic heterocycles. The van der Waals surface area contributed by atoms with Crippen molar-refractivity contribution in [2.75, 3.05) is 0 Å². The van der Waals surface area contributed by atoms with Gasteiger partial charge in [-0.2, -0.15) is 0 Å². The molecule has 2 heteroatoms. The Bertz CT molecular complexity index is 446. The van der Waals surface area contributed by atoms with Gasteiger partial charge in [-0.3, -0.25) is 4.79 Å². The zero-order chi connectivity index (χ0) is 12.1. The van der Waals surface area contributed by atoms with Gasteiger partial charge in [0.15, 0.2) is 0 Å². The highest BCUT2D eigenvalue weighted by molar-refractivity contribution is 5.70. The molecular weight excluding hydrogens is 212 g/mol. The molecule has 0 radical (unpaired) electrons. The number of rotatable bonds is 5. The summed E-state index contributed by atoms with van der Waals surface area (Å²) in [5.41, 5.74) is 2.09. The number of carboxylic acids is 1. The van der Waals surface area contributed by atoms with Gasteiger partial charge in [0.25, 0.3) is 0 Å². The first-order chi connectivity index (χ1) is 8.25. The number of allylic oxidation sites excluding steroid dienone is 4. The minimum Gasteiger partial charge on any atom is -0.481 e. The Balaban J connectivity index is 2.01. The van der Waals surface area contributed by atoms with Crippen LogP contribution >= 0.6 is 0 Å². The fourth-order valence-corrected chi connectivity index (χ4v) is 2.13. The summed E-state index contributed by atoms with van der Waals surface area (Å²) < 4.78 is 0. The highest BCUT2D eigenvalue weighted by Crippen LogP contribution is 2.19. The highest BCUT2D eigenvalue weighted by atomic mass is 16.4. The molecule has 0 heterocycles. The van der Waals surface area contributed by atoms with Gasteiger partial charge in [-0.05, 0) is 29.9 Å². The number of aliphatic carboxylic acids is 1. The summed E-state index contributed by atoms with van der Waals surface area (Å²) in [6.07, 6.45) is 10.6. The van der Waals surface area contributed by atoms with Crippen LogP contribution in [-0.2, 0) is 17.6 Å². The fraction of sp³-hybridized carbons (Fsp3) is 0.267. The van der Waals surface area contributed by atoms with E-state index >= 15 is 0 Å². The summed E-state index contributed by atoms with van der Waals surface area (Å²) >= 11 is 0. The van der Waals surface area contributed by atoms with Crippen molar-refractivity contribution < 1.29 is 9.90 Å². The van der Waals surface area contributed by atoms with Gasteiger partial charge in [-0.25, -0.2) is 0 Å². The van der Waals surface area contributed by atoms with Crippen molar-refractivity contribution in [2.45, 2.75) is 19.3 Å². The second kappa shape index (κ2) is 5.48. The molecule has 1 aliphatic rings. The predicted molar refractivity (Wildman–Crippen MR) is 67.9 cm³/mol. The predicted octanol–water partition coefficient (Wildman–Crippen LogP) is 2.99. The molecule has 1 aromatic carbocycles. The maximum Gasteiger partial charge on any atom is 0.307 e. The fourth-order valence-electron chi connectivity index (χ4n) is 2.13. The van der Waals surface area contributed by atoms with Crippen molar-refractivity contribution >= 4 is 5.97 Å². The molecule has 0 spiro atoms. The van der Waals surface area contributed by atoms with Crippen LogP contribution in [-0.4, -0.2) is 11.1 Å². The quantitative estimate of drug-likeness (QED) is 0.841. The number of carboxylic acid groups (broad SMARTS) is 1.